The fraction of sp³-hybridized carbons (Fsp3) is 0.609. The molecular formula is C23H30O6. The minimum Gasteiger partial charge on any atom is -0.469 e. The molecule has 0 bridgehead atoms. The summed E-state index contributed by atoms with van der Waals surface area (Å²) in [6, 6.07) is 5.72. The van der Waals surface area contributed by atoms with Crippen molar-refractivity contribution < 1.29 is 28.9 Å². The van der Waals surface area contributed by atoms with Crippen LogP contribution in [-0.2, 0) is 35.1 Å². The Morgan fingerprint density at radius 2 is 1.86 bits per heavy atom. The first-order chi connectivity index (χ1) is 13.5. The zero-order chi connectivity index (χ0) is 21.6. The molecular weight excluding hydrogens is 372 g/mol. The zero-order valence-electron chi connectivity index (χ0n) is 18.1. The first-order valence-corrected chi connectivity index (χ1v) is 10.1. The Morgan fingerprint density at radius 3 is 2.48 bits per heavy atom. The number of ketones is 1. The smallest absolute Gasteiger partial charge is 0.339 e. The van der Waals surface area contributed by atoms with Crippen molar-refractivity contribution in [1.82, 2.24) is 0 Å². The van der Waals surface area contributed by atoms with Gasteiger partial charge in [0, 0.05) is 18.9 Å². The molecule has 0 spiro atoms. The average Bonchev–Trinajstić information content (AvgIpc) is 2.67. The average molecular weight is 402 g/mol. The van der Waals surface area contributed by atoms with E-state index in [1.54, 1.807) is 13.8 Å². The molecule has 29 heavy (non-hydrogen) atoms. The Balaban J connectivity index is 2.04. The second-order valence-electron chi connectivity index (χ2n) is 9.29. The van der Waals surface area contributed by atoms with Crippen LogP contribution in [0.2, 0.25) is 0 Å². The van der Waals surface area contributed by atoms with Crippen LogP contribution in [0, 0.1) is 11.3 Å². The summed E-state index contributed by atoms with van der Waals surface area (Å²) in [6.45, 7) is 8.93. The van der Waals surface area contributed by atoms with Gasteiger partial charge in [-0.05, 0) is 62.1 Å². The molecule has 3 atom stereocenters. The number of methoxy groups -OCH3 is 1. The highest BCUT2D eigenvalue weighted by Crippen LogP contribution is 2.57. The molecule has 0 saturated heterocycles. The molecule has 0 amide bonds. The first-order valence-electron chi connectivity index (χ1n) is 10.1. The largest absolute Gasteiger partial charge is 0.469 e. The van der Waals surface area contributed by atoms with Crippen molar-refractivity contribution in [3.05, 3.63) is 34.9 Å². The Hall–Kier alpha value is -2.21. The summed E-state index contributed by atoms with van der Waals surface area (Å²) in [6.07, 6.45) is 2.85. The van der Waals surface area contributed by atoms with E-state index in [-0.39, 0.29) is 23.1 Å². The van der Waals surface area contributed by atoms with Crippen LogP contribution < -0.4 is 0 Å². The van der Waals surface area contributed by atoms with Gasteiger partial charge in [0.05, 0.1) is 12.5 Å². The van der Waals surface area contributed by atoms with Crippen molar-refractivity contribution in [2.45, 2.75) is 71.3 Å². The molecule has 3 rings (SSSR count). The highest BCUT2D eigenvalue weighted by Gasteiger charge is 2.57. The van der Waals surface area contributed by atoms with Crippen LogP contribution in [0.15, 0.2) is 18.2 Å². The Kier molecular flexibility index (Phi) is 5.37. The molecule has 1 aromatic carbocycles. The third kappa shape index (κ3) is 3.48. The zero-order valence-corrected chi connectivity index (χ0v) is 18.1. The highest BCUT2D eigenvalue weighted by molar-refractivity contribution is 6.00. The predicted molar refractivity (Wildman–Crippen MR) is 106 cm³/mol. The predicted octanol–water partition coefficient (Wildman–Crippen LogP) is 4.24. The summed E-state index contributed by atoms with van der Waals surface area (Å²) in [4.78, 5) is 46.9. The molecule has 2 aliphatic rings. The summed E-state index contributed by atoms with van der Waals surface area (Å²) in [5.41, 5.74) is 0.524. The number of rotatable bonds is 4. The van der Waals surface area contributed by atoms with Crippen molar-refractivity contribution in [3.8, 4) is 0 Å². The number of carbonyl (C=O) groups excluding carboxylic acids is 3. The van der Waals surface area contributed by atoms with E-state index in [2.05, 4.69) is 6.92 Å². The Labute approximate surface area is 171 Å². The van der Waals surface area contributed by atoms with Crippen molar-refractivity contribution >= 4 is 17.7 Å². The van der Waals surface area contributed by atoms with E-state index >= 15 is 0 Å². The van der Waals surface area contributed by atoms with Gasteiger partial charge >= 0.3 is 11.9 Å². The molecule has 0 aromatic heterocycles. The number of Topliss-reactive ketones (excluding diaryl/α,β-unsaturated/α-hetero) is 1. The number of carbonyl (C=O) groups is 3. The van der Waals surface area contributed by atoms with E-state index in [1.807, 2.05) is 25.1 Å². The lowest BCUT2D eigenvalue weighted by Gasteiger charge is -2.53. The number of hydrogen-bond acceptors (Lipinski definition) is 6. The summed E-state index contributed by atoms with van der Waals surface area (Å²) >= 11 is 0. The number of benzene rings is 1. The van der Waals surface area contributed by atoms with Gasteiger partial charge in [0.2, 0.25) is 0 Å². The van der Waals surface area contributed by atoms with Crippen molar-refractivity contribution in [1.29, 1.82) is 0 Å². The summed E-state index contributed by atoms with van der Waals surface area (Å²) in [5, 5.41) is 0. The lowest BCUT2D eigenvalue weighted by molar-refractivity contribution is -0.328. The highest BCUT2D eigenvalue weighted by atomic mass is 17.2. The minimum atomic E-state index is -0.897. The van der Waals surface area contributed by atoms with Gasteiger partial charge in [-0.1, -0.05) is 25.5 Å². The molecule has 2 aliphatic carbocycles. The van der Waals surface area contributed by atoms with Crippen LogP contribution in [0.3, 0.4) is 0 Å². The quantitative estimate of drug-likeness (QED) is 0.426. The minimum absolute atomic E-state index is 0.0182. The molecule has 6 nitrogen and oxygen atoms in total. The number of ether oxygens (including phenoxy) is 1. The summed E-state index contributed by atoms with van der Waals surface area (Å²) in [5.74, 6) is -0.860. The van der Waals surface area contributed by atoms with Crippen LogP contribution in [-0.4, -0.2) is 24.8 Å². The van der Waals surface area contributed by atoms with Crippen molar-refractivity contribution in [2.24, 2.45) is 11.3 Å². The van der Waals surface area contributed by atoms with Gasteiger partial charge in [0.15, 0.2) is 5.78 Å². The van der Waals surface area contributed by atoms with Gasteiger partial charge in [-0.25, -0.2) is 4.79 Å². The molecule has 0 aliphatic heterocycles. The second-order valence-corrected chi connectivity index (χ2v) is 9.29. The second kappa shape index (κ2) is 7.24. The van der Waals surface area contributed by atoms with Crippen LogP contribution in [0.25, 0.3) is 0 Å². The molecule has 1 aromatic rings. The molecule has 1 fully saturated rings. The number of esters is 1. The first kappa shape index (κ1) is 21.5. The fourth-order valence-electron chi connectivity index (χ4n) is 5.28. The summed E-state index contributed by atoms with van der Waals surface area (Å²) in [7, 11) is 1.41. The van der Waals surface area contributed by atoms with E-state index in [9.17, 15) is 14.4 Å². The van der Waals surface area contributed by atoms with E-state index < -0.39 is 17.0 Å². The normalized spacial score (nSPS) is 28.9. The maximum Gasteiger partial charge on any atom is 0.339 e. The van der Waals surface area contributed by atoms with Crippen LogP contribution in [0.4, 0.5) is 0 Å². The Morgan fingerprint density at radius 1 is 1.17 bits per heavy atom. The van der Waals surface area contributed by atoms with E-state index in [1.165, 1.54) is 14.0 Å². The molecule has 158 valence electrons. The van der Waals surface area contributed by atoms with Gasteiger partial charge in [0.25, 0.3) is 0 Å². The van der Waals surface area contributed by atoms with Crippen LogP contribution in [0.5, 0.6) is 0 Å². The van der Waals surface area contributed by atoms with Crippen molar-refractivity contribution in [2.75, 3.05) is 7.11 Å². The van der Waals surface area contributed by atoms with E-state index in [0.29, 0.717) is 12.0 Å². The Bertz CT molecular complexity index is 857. The lowest BCUT2D eigenvalue weighted by Crippen LogP contribution is -2.53. The van der Waals surface area contributed by atoms with Gasteiger partial charge in [-0.3, -0.25) is 14.5 Å². The molecule has 1 saturated carbocycles. The maximum atomic E-state index is 13.1. The molecule has 0 N–H and O–H groups in total. The third-order valence-corrected chi connectivity index (χ3v) is 6.97. The fourth-order valence-corrected chi connectivity index (χ4v) is 5.28. The monoisotopic (exact) mass is 402 g/mol. The number of hydrogen-bond donors (Lipinski definition) is 0. The van der Waals surface area contributed by atoms with Gasteiger partial charge in [-0.2, -0.15) is 4.89 Å². The van der Waals surface area contributed by atoms with E-state index in [0.717, 1.165) is 30.4 Å². The SMILES string of the molecule is COC(=O)[C@]1(C)CCC[C@]2(C)c3ccc(C(C)(C)OOC(C)=O)cc3C(=O)C[C@@H]12. The van der Waals surface area contributed by atoms with Crippen LogP contribution >= 0.6 is 0 Å². The standard InChI is InChI=1S/C23H30O6/c1-14(24)28-29-21(2,3)15-8-9-17-16(12-15)18(25)13-19-22(17,4)10-7-11-23(19,5)20(26)27-6/h8-9,12,19H,7,10-11,13H2,1-6H3/t19-,22-,23-/m1/s1. The van der Waals surface area contributed by atoms with Gasteiger partial charge in [0.1, 0.15) is 5.60 Å². The molecule has 0 radical (unpaired) electrons. The van der Waals surface area contributed by atoms with Gasteiger partial charge in [-0.15, -0.1) is 0 Å². The van der Waals surface area contributed by atoms with Gasteiger partial charge < -0.3 is 4.74 Å². The molecule has 0 heterocycles. The van der Waals surface area contributed by atoms with Crippen LogP contribution in [0.1, 0.15) is 81.8 Å². The lowest BCUT2D eigenvalue weighted by atomic mass is 9.49. The topological polar surface area (TPSA) is 78.9 Å². The molecule has 6 heteroatoms. The third-order valence-electron chi connectivity index (χ3n) is 6.97. The molecule has 0 unspecified atom stereocenters. The van der Waals surface area contributed by atoms with Crippen molar-refractivity contribution in [3.63, 3.8) is 0 Å². The number of fused-ring (bicyclic) bond motifs is 3. The maximum absolute atomic E-state index is 13.1. The van der Waals surface area contributed by atoms with E-state index in [4.69, 9.17) is 14.5 Å². The summed E-state index contributed by atoms with van der Waals surface area (Å²) < 4.78 is 5.11.